The molecule has 1 unspecified atom stereocenters. The molecule has 5 atom stereocenters. The first-order valence-corrected chi connectivity index (χ1v) is 5.57. The van der Waals surface area contributed by atoms with Crippen molar-refractivity contribution in [2.45, 2.75) is 42.7 Å². The largest absolute Gasteiger partial charge is 0.370 e. The maximum absolute atomic E-state index is 5.53. The Morgan fingerprint density at radius 1 is 0.909 bits per heavy atom. The van der Waals surface area contributed by atoms with Gasteiger partial charge in [-0.3, -0.25) is 0 Å². The van der Waals surface area contributed by atoms with Gasteiger partial charge in [0.2, 0.25) is 0 Å². The summed E-state index contributed by atoms with van der Waals surface area (Å²) in [6.45, 7) is 0. The van der Waals surface area contributed by atoms with E-state index in [0.29, 0.717) is 12.2 Å². The number of fused-ring (bicyclic) bond motifs is 2. The Kier molecular flexibility index (Phi) is 1.40. The number of alkyl halides is 1. The Morgan fingerprint density at radius 2 is 1.45 bits per heavy atom. The van der Waals surface area contributed by atoms with Gasteiger partial charge in [-0.15, -0.1) is 0 Å². The van der Waals surface area contributed by atoms with Gasteiger partial charge in [-0.05, 0) is 37.5 Å². The van der Waals surface area contributed by atoms with Gasteiger partial charge in [0.05, 0.1) is 12.2 Å². The standard InChI is InChI=1S/C9H13BrO/c10-9-5-1-3-7-8(11-7)4-2-6(5)9/h5-9H,1-4H2/t5-,6+,7-,8+,9?. The van der Waals surface area contributed by atoms with Crippen molar-refractivity contribution in [3.8, 4) is 0 Å². The van der Waals surface area contributed by atoms with Gasteiger partial charge in [-0.2, -0.15) is 0 Å². The Labute approximate surface area is 75.6 Å². The van der Waals surface area contributed by atoms with Crippen LogP contribution in [0.3, 0.4) is 0 Å². The summed E-state index contributed by atoms with van der Waals surface area (Å²) in [6.07, 6.45) is 6.79. The molecule has 0 amide bonds. The second kappa shape index (κ2) is 2.23. The molecule has 62 valence electrons. The monoisotopic (exact) mass is 216 g/mol. The quantitative estimate of drug-likeness (QED) is 0.448. The van der Waals surface area contributed by atoms with Crippen LogP contribution in [-0.4, -0.2) is 17.0 Å². The van der Waals surface area contributed by atoms with Gasteiger partial charge >= 0.3 is 0 Å². The summed E-state index contributed by atoms with van der Waals surface area (Å²) in [7, 11) is 0. The summed E-state index contributed by atoms with van der Waals surface area (Å²) in [5, 5.41) is 0. The summed E-state index contributed by atoms with van der Waals surface area (Å²) in [6, 6.07) is 0. The van der Waals surface area contributed by atoms with Gasteiger partial charge in [0.1, 0.15) is 0 Å². The van der Waals surface area contributed by atoms with Gasteiger partial charge in [0, 0.05) is 4.83 Å². The molecule has 0 N–H and O–H groups in total. The Balaban J connectivity index is 1.67. The molecule has 0 aromatic heterocycles. The van der Waals surface area contributed by atoms with E-state index in [1.165, 1.54) is 25.7 Å². The number of hydrogen-bond donors (Lipinski definition) is 0. The van der Waals surface area contributed by atoms with E-state index < -0.39 is 0 Å². The molecule has 1 nitrogen and oxygen atoms in total. The fraction of sp³-hybridized carbons (Fsp3) is 1.00. The summed E-state index contributed by atoms with van der Waals surface area (Å²) < 4.78 is 5.53. The molecule has 2 saturated carbocycles. The first kappa shape index (κ1) is 6.90. The lowest BCUT2D eigenvalue weighted by atomic mass is 10.0. The second-order valence-electron chi connectivity index (χ2n) is 4.14. The zero-order valence-electron chi connectivity index (χ0n) is 6.50. The van der Waals surface area contributed by atoms with Gasteiger partial charge in [-0.25, -0.2) is 0 Å². The summed E-state index contributed by atoms with van der Waals surface area (Å²) in [5.41, 5.74) is 0. The molecule has 0 bridgehead atoms. The first-order chi connectivity index (χ1) is 5.36. The molecule has 0 spiro atoms. The lowest BCUT2D eigenvalue weighted by Crippen LogP contribution is -2.00. The predicted octanol–water partition coefficient (Wildman–Crippen LogP) is 2.34. The van der Waals surface area contributed by atoms with Crippen molar-refractivity contribution in [1.82, 2.24) is 0 Å². The molecule has 0 radical (unpaired) electrons. The highest BCUT2D eigenvalue weighted by Gasteiger charge is 2.52. The molecule has 3 fully saturated rings. The minimum Gasteiger partial charge on any atom is -0.370 e. The van der Waals surface area contributed by atoms with E-state index >= 15 is 0 Å². The molecule has 1 aliphatic heterocycles. The maximum atomic E-state index is 5.53. The second-order valence-corrected chi connectivity index (χ2v) is 5.20. The van der Waals surface area contributed by atoms with E-state index in [0.717, 1.165) is 16.7 Å². The number of epoxide rings is 1. The van der Waals surface area contributed by atoms with Crippen LogP contribution in [0.4, 0.5) is 0 Å². The number of ether oxygens (including phenoxy) is 1. The van der Waals surface area contributed by atoms with Crippen LogP contribution in [0.15, 0.2) is 0 Å². The average Bonchev–Trinajstić information content (AvgIpc) is 2.77. The number of hydrogen-bond acceptors (Lipinski definition) is 1. The smallest absolute Gasteiger partial charge is 0.0842 e. The zero-order chi connectivity index (χ0) is 7.42. The SMILES string of the molecule is BrC1[C@H]2CC[C@@H]3O[C@@H]3CC[C@@H]12. The van der Waals surface area contributed by atoms with E-state index in [-0.39, 0.29) is 0 Å². The molecule has 11 heavy (non-hydrogen) atoms. The molecule has 0 aromatic rings. The van der Waals surface area contributed by atoms with Crippen LogP contribution in [-0.2, 0) is 4.74 Å². The fourth-order valence-corrected chi connectivity index (χ4v) is 3.68. The maximum Gasteiger partial charge on any atom is 0.0842 e. The van der Waals surface area contributed by atoms with Crippen molar-refractivity contribution < 1.29 is 4.74 Å². The molecule has 1 heterocycles. The van der Waals surface area contributed by atoms with Crippen LogP contribution in [0.25, 0.3) is 0 Å². The van der Waals surface area contributed by atoms with Crippen LogP contribution >= 0.6 is 15.9 Å². The highest BCUT2D eigenvalue weighted by Crippen LogP contribution is 2.54. The van der Waals surface area contributed by atoms with Crippen molar-refractivity contribution in [3.63, 3.8) is 0 Å². The molecule has 1 saturated heterocycles. The van der Waals surface area contributed by atoms with Crippen molar-refractivity contribution >= 4 is 15.9 Å². The molecule has 3 rings (SSSR count). The van der Waals surface area contributed by atoms with Gasteiger partial charge in [0.25, 0.3) is 0 Å². The third kappa shape index (κ3) is 1.06. The highest BCUT2D eigenvalue weighted by atomic mass is 79.9. The number of halogens is 1. The van der Waals surface area contributed by atoms with Crippen LogP contribution in [0.5, 0.6) is 0 Å². The minimum absolute atomic E-state index is 0.663. The van der Waals surface area contributed by atoms with E-state index in [2.05, 4.69) is 15.9 Å². The Hall–Kier alpha value is 0.440. The summed E-state index contributed by atoms with van der Waals surface area (Å²) in [5.74, 6) is 2.00. The van der Waals surface area contributed by atoms with Crippen molar-refractivity contribution in [1.29, 1.82) is 0 Å². The van der Waals surface area contributed by atoms with Gasteiger partial charge < -0.3 is 4.74 Å². The van der Waals surface area contributed by atoms with Gasteiger partial charge in [0.15, 0.2) is 0 Å². The first-order valence-electron chi connectivity index (χ1n) is 4.66. The molecular formula is C9H13BrO. The lowest BCUT2D eigenvalue weighted by Gasteiger charge is -2.00. The zero-order valence-corrected chi connectivity index (χ0v) is 8.09. The summed E-state index contributed by atoms with van der Waals surface area (Å²) in [4.78, 5) is 0.861. The van der Waals surface area contributed by atoms with E-state index in [4.69, 9.17) is 4.74 Å². The summed E-state index contributed by atoms with van der Waals surface area (Å²) >= 11 is 3.74. The Bertz CT molecular complexity index is 164. The topological polar surface area (TPSA) is 12.5 Å². The van der Waals surface area contributed by atoms with Crippen molar-refractivity contribution in [3.05, 3.63) is 0 Å². The van der Waals surface area contributed by atoms with Crippen LogP contribution in [0.2, 0.25) is 0 Å². The molecule has 2 aliphatic carbocycles. The van der Waals surface area contributed by atoms with E-state index in [1.54, 1.807) is 0 Å². The molecule has 3 aliphatic rings. The van der Waals surface area contributed by atoms with E-state index in [9.17, 15) is 0 Å². The fourth-order valence-electron chi connectivity index (χ4n) is 2.55. The number of rotatable bonds is 0. The molecular weight excluding hydrogens is 204 g/mol. The molecule has 2 heteroatoms. The van der Waals surface area contributed by atoms with Crippen molar-refractivity contribution in [2.75, 3.05) is 0 Å². The third-order valence-electron chi connectivity index (χ3n) is 3.48. The normalized spacial score (nSPS) is 60.3. The van der Waals surface area contributed by atoms with E-state index in [1.807, 2.05) is 0 Å². The van der Waals surface area contributed by atoms with Crippen LogP contribution in [0, 0.1) is 11.8 Å². The lowest BCUT2D eigenvalue weighted by molar-refractivity contribution is 0.354. The average molecular weight is 217 g/mol. The Morgan fingerprint density at radius 3 is 2.00 bits per heavy atom. The minimum atomic E-state index is 0.663. The molecule has 0 aromatic carbocycles. The van der Waals surface area contributed by atoms with Crippen molar-refractivity contribution in [2.24, 2.45) is 11.8 Å². The van der Waals surface area contributed by atoms with Crippen LogP contribution < -0.4 is 0 Å². The highest BCUT2D eigenvalue weighted by molar-refractivity contribution is 9.09. The van der Waals surface area contributed by atoms with Crippen LogP contribution in [0.1, 0.15) is 25.7 Å². The van der Waals surface area contributed by atoms with Gasteiger partial charge in [-0.1, -0.05) is 15.9 Å². The third-order valence-corrected chi connectivity index (χ3v) is 4.84. The predicted molar refractivity (Wildman–Crippen MR) is 46.8 cm³/mol.